The Morgan fingerprint density at radius 3 is 0.633 bits per heavy atom. The van der Waals surface area contributed by atoms with Crippen LogP contribution < -0.4 is 0 Å². The summed E-state index contributed by atoms with van der Waals surface area (Å²) in [6, 6.07) is 0. The molecule has 0 saturated carbocycles. The van der Waals surface area contributed by atoms with Crippen LogP contribution in [0.2, 0.25) is 0 Å². The SMILES string of the molecule is CC(C)(C)CC(C(C(C(CC(C)(C)C)C(C)(C)C)C(C)(C)C)C(C)(C)C)C(C)(C)C. The highest BCUT2D eigenvalue weighted by molar-refractivity contribution is 5.00. The second-order valence-corrected chi connectivity index (χ2v) is 17.3. The monoisotopic (exact) mass is 422 g/mol. The molecule has 0 saturated heterocycles. The second kappa shape index (κ2) is 9.09. The highest BCUT2D eigenvalue weighted by Crippen LogP contribution is 2.59. The van der Waals surface area contributed by atoms with Gasteiger partial charge in [0.15, 0.2) is 0 Å². The summed E-state index contributed by atoms with van der Waals surface area (Å²) in [7, 11) is 0. The Hall–Kier alpha value is 0. The summed E-state index contributed by atoms with van der Waals surface area (Å²) in [6.45, 7) is 44.8. The Bertz CT molecular complexity index is 457. The van der Waals surface area contributed by atoms with Gasteiger partial charge in [-0.2, -0.15) is 0 Å². The van der Waals surface area contributed by atoms with Crippen LogP contribution in [-0.2, 0) is 0 Å². The minimum atomic E-state index is 0.266. The van der Waals surface area contributed by atoms with Crippen LogP contribution in [0.5, 0.6) is 0 Å². The van der Waals surface area contributed by atoms with Gasteiger partial charge >= 0.3 is 0 Å². The highest BCUT2D eigenvalue weighted by atomic mass is 14.6. The van der Waals surface area contributed by atoms with Gasteiger partial charge in [0, 0.05) is 0 Å². The predicted octanol–water partition coefficient (Wildman–Crippen LogP) is 10.5. The Morgan fingerprint density at radius 2 is 0.533 bits per heavy atom. The molecule has 0 aromatic carbocycles. The lowest BCUT2D eigenvalue weighted by Crippen LogP contribution is -2.51. The van der Waals surface area contributed by atoms with Crippen LogP contribution >= 0.6 is 0 Å². The second-order valence-electron chi connectivity index (χ2n) is 17.3. The zero-order valence-electron chi connectivity index (χ0n) is 24.7. The van der Waals surface area contributed by atoms with E-state index in [1.807, 2.05) is 0 Å². The fraction of sp³-hybridized carbons (Fsp3) is 1.00. The molecule has 0 aliphatic rings. The van der Waals surface area contributed by atoms with Crippen molar-refractivity contribution in [3.63, 3.8) is 0 Å². The molecule has 0 heteroatoms. The van der Waals surface area contributed by atoms with E-state index in [-0.39, 0.29) is 10.8 Å². The van der Waals surface area contributed by atoms with Gasteiger partial charge in [-0.15, -0.1) is 0 Å². The molecule has 0 aromatic heterocycles. The van der Waals surface area contributed by atoms with E-state index in [0.717, 1.165) is 0 Å². The molecule has 0 N–H and O–H groups in total. The van der Waals surface area contributed by atoms with E-state index in [1.54, 1.807) is 0 Å². The van der Waals surface area contributed by atoms with Crippen LogP contribution in [0.4, 0.5) is 0 Å². The topological polar surface area (TPSA) is 0 Å². The summed E-state index contributed by atoms with van der Waals surface area (Å²) >= 11 is 0. The normalized spacial score (nSPS) is 19.4. The summed E-state index contributed by atoms with van der Waals surface area (Å²) in [6.07, 6.45) is 2.58. The largest absolute Gasteiger partial charge is 0.0602 e. The summed E-state index contributed by atoms with van der Waals surface area (Å²) in [5.41, 5.74) is 1.79. The maximum atomic E-state index is 2.52. The maximum absolute atomic E-state index is 2.52. The molecular formula is C30H62. The molecule has 0 aliphatic carbocycles. The minimum absolute atomic E-state index is 0.266. The quantitative estimate of drug-likeness (QED) is 0.413. The third-order valence-electron chi connectivity index (χ3n) is 7.14. The molecule has 30 heavy (non-hydrogen) atoms. The Balaban J connectivity index is 6.98. The molecule has 0 fully saturated rings. The van der Waals surface area contributed by atoms with E-state index in [4.69, 9.17) is 0 Å². The first-order valence-electron chi connectivity index (χ1n) is 12.7. The van der Waals surface area contributed by atoms with Crippen LogP contribution in [0.1, 0.15) is 137 Å². The number of hydrogen-bond acceptors (Lipinski definition) is 0. The third-order valence-corrected chi connectivity index (χ3v) is 7.14. The molecule has 0 radical (unpaired) electrons. The molecule has 0 aliphatic heterocycles. The third kappa shape index (κ3) is 9.65. The first-order valence-corrected chi connectivity index (χ1v) is 12.7. The maximum Gasteiger partial charge on any atom is -0.0296 e. The summed E-state index contributed by atoms with van der Waals surface area (Å²) < 4.78 is 0. The van der Waals surface area contributed by atoms with Crippen molar-refractivity contribution in [3.8, 4) is 0 Å². The first-order chi connectivity index (χ1) is 12.7. The van der Waals surface area contributed by atoms with Crippen molar-refractivity contribution in [2.24, 2.45) is 56.2 Å². The highest BCUT2D eigenvalue weighted by Gasteiger charge is 2.52. The van der Waals surface area contributed by atoms with Crippen molar-refractivity contribution in [1.82, 2.24) is 0 Å². The van der Waals surface area contributed by atoms with Gasteiger partial charge in [-0.05, 0) is 69.0 Å². The van der Waals surface area contributed by atoms with Gasteiger partial charge in [0.2, 0.25) is 0 Å². The Kier molecular flexibility index (Phi) is 9.09. The molecule has 0 heterocycles. The van der Waals surface area contributed by atoms with E-state index in [0.29, 0.717) is 45.3 Å². The van der Waals surface area contributed by atoms with Gasteiger partial charge in [0.05, 0.1) is 0 Å². The molecular weight excluding hydrogens is 360 g/mol. The summed E-state index contributed by atoms with van der Waals surface area (Å²) in [5, 5.41) is 0. The molecule has 0 spiro atoms. The fourth-order valence-corrected chi connectivity index (χ4v) is 6.05. The minimum Gasteiger partial charge on any atom is -0.0602 e. The van der Waals surface area contributed by atoms with Gasteiger partial charge in [0.25, 0.3) is 0 Å². The van der Waals surface area contributed by atoms with Crippen LogP contribution in [0.3, 0.4) is 0 Å². The van der Waals surface area contributed by atoms with Crippen LogP contribution in [-0.4, -0.2) is 0 Å². The molecule has 4 unspecified atom stereocenters. The van der Waals surface area contributed by atoms with E-state index in [2.05, 4.69) is 125 Å². The fourth-order valence-electron chi connectivity index (χ4n) is 6.05. The summed E-state index contributed by atoms with van der Waals surface area (Å²) in [5.74, 6) is 2.71. The van der Waals surface area contributed by atoms with Crippen molar-refractivity contribution in [2.75, 3.05) is 0 Å². The number of rotatable bonds is 5. The summed E-state index contributed by atoms with van der Waals surface area (Å²) in [4.78, 5) is 0. The molecule has 0 rings (SSSR count). The van der Waals surface area contributed by atoms with Crippen molar-refractivity contribution in [3.05, 3.63) is 0 Å². The van der Waals surface area contributed by atoms with Crippen LogP contribution in [0.15, 0.2) is 0 Å². The standard InChI is InChI=1S/C30H62/c1-25(2,3)19-21(27(7,8)9)23(29(13,14)15)24(30(16,17)18)22(28(10,11)12)20-26(4,5)6/h21-24H,19-20H2,1-18H3. The van der Waals surface area contributed by atoms with Crippen molar-refractivity contribution in [1.29, 1.82) is 0 Å². The molecule has 0 bridgehead atoms. The molecule has 0 aromatic rings. The average molecular weight is 423 g/mol. The Morgan fingerprint density at radius 1 is 0.333 bits per heavy atom. The van der Waals surface area contributed by atoms with Crippen molar-refractivity contribution in [2.45, 2.75) is 137 Å². The number of hydrogen-bond donors (Lipinski definition) is 0. The smallest absolute Gasteiger partial charge is 0.0296 e. The van der Waals surface area contributed by atoms with Gasteiger partial charge < -0.3 is 0 Å². The van der Waals surface area contributed by atoms with Crippen molar-refractivity contribution < 1.29 is 0 Å². The average Bonchev–Trinajstić information content (AvgIpc) is 2.32. The first kappa shape index (κ1) is 30.0. The van der Waals surface area contributed by atoms with Crippen LogP contribution in [0.25, 0.3) is 0 Å². The van der Waals surface area contributed by atoms with Gasteiger partial charge in [0.1, 0.15) is 0 Å². The lowest BCUT2D eigenvalue weighted by Gasteiger charge is -2.57. The lowest BCUT2D eigenvalue weighted by molar-refractivity contribution is -0.0906. The molecule has 0 nitrogen and oxygen atoms in total. The predicted molar refractivity (Wildman–Crippen MR) is 140 cm³/mol. The Labute approximate surface area is 193 Å². The van der Waals surface area contributed by atoms with Crippen LogP contribution in [0, 0.1) is 56.2 Å². The van der Waals surface area contributed by atoms with E-state index < -0.39 is 0 Å². The van der Waals surface area contributed by atoms with Gasteiger partial charge in [-0.25, -0.2) is 0 Å². The van der Waals surface area contributed by atoms with Gasteiger partial charge in [-0.1, -0.05) is 125 Å². The zero-order valence-corrected chi connectivity index (χ0v) is 24.7. The van der Waals surface area contributed by atoms with E-state index >= 15 is 0 Å². The van der Waals surface area contributed by atoms with E-state index in [9.17, 15) is 0 Å². The van der Waals surface area contributed by atoms with Gasteiger partial charge in [-0.3, -0.25) is 0 Å². The molecule has 4 atom stereocenters. The molecule has 182 valence electrons. The van der Waals surface area contributed by atoms with E-state index in [1.165, 1.54) is 12.8 Å². The van der Waals surface area contributed by atoms with Crippen molar-refractivity contribution >= 4 is 0 Å². The lowest BCUT2D eigenvalue weighted by atomic mass is 9.47. The molecule has 0 amide bonds. The zero-order chi connectivity index (χ0) is 24.7.